The monoisotopic (exact) mass is 347 g/mol. The van der Waals surface area contributed by atoms with Gasteiger partial charge >= 0.3 is 0 Å². The van der Waals surface area contributed by atoms with Crippen LogP contribution < -0.4 is 5.32 Å². The molecule has 132 valence electrons. The lowest BCUT2D eigenvalue weighted by Gasteiger charge is -2.25. The molecule has 4 rings (SSSR count). The van der Waals surface area contributed by atoms with Gasteiger partial charge in [0.1, 0.15) is 0 Å². The molecule has 1 N–H and O–H groups in total. The Morgan fingerprint density at radius 3 is 2.84 bits per heavy atom. The van der Waals surface area contributed by atoms with Crippen molar-refractivity contribution in [2.24, 2.45) is 5.92 Å². The summed E-state index contributed by atoms with van der Waals surface area (Å²) >= 11 is 0. The zero-order valence-corrected chi connectivity index (χ0v) is 13.6. The number of carbonyl (C=O) groups is 1. The van der Waals surface area contributed by atoms with Gasteiger partial charge in [-0.2, -0.15) is 0 Å². The number of amides is 1. The molecule has 0 radical (unpaired) electrons. The first-order valence-corrected chi connectivity index (χ1v) is 8.35. The summed E-state index contributed by atoms with van der Waals surface area (Å²) in [7, 11) is 0. The molecule has 0 unspecified atom stereocenters. The number of alkyl halides is 2. The van der Waals surface area contributed by atoms with Gasteiger partial charge in [-0.25, -0.2) is 8.78 Å². The van der Waals surface area contributed by atoms with Crippen LogP contribution in [-0.4, -0.2) is 51.4 Å². The maximum atomic E-state index is 14.1. The predicted octanol–water partition coefficient (Wildman–Crippen LogP) is 1.26. The number of aromatic nitrogens is 3. The van der Waals surface area contributed by atoms with E-state index >= 15 is 0 Å². The number of piperazine rings is 1. The zero-order chi connectivity index (χ0) is 17.4. The molecule has 2 aliphatic rings. The van der Waals surface area contributed by atoms with E-state index in [1.165, 1.54) is 4.68 Å². The summed E-state index contributed by atoms with van der Waals surface area (Å²) < 4.78 is 29.8. The lowest BCUT2D eigenvalue weighted by molar-refractivity contribution is -0.124. The first-order chi connectivity index (χ1) is 12.0. The van der Waals surface area contributed by atoms with E-state index in [0.717, 1.165) is 6.54 Å². The Morgan fingerprint density at radius 1 is 1.28 bits per heavy atom. The number of hydrogen-bond donors (Lipinski definition) is 1. The van der Waals surface area contributed by atoms with Crippen LogP contribution >= 0.6 is 0 Å². The predicted molar refractivity (Wildman–Crippen MR) is 85.9 cm³/mol. The molecule has 1 saturated carbocycles. The summed E-state index contributed by atoms with van der Waals surface area (Å²) in [5, 5.41) is 10.8. The molecule has 1 aliphatic carbocycles. The Labute approximate surface area is 143 Å². The summed E-state index contributed by atoms with van der Waals surface area (Å²) in [6.07, 6.45) is 1.70. The van der Waals surface area contributed by atoms with Crippen LogP contribution in [0.3, 0.4) is 0 Å². The maximum Gasteiger partial charge on any atom is 0.260 e. The first-order valence-electron chi connectivity index (χ1n) is 8.35. The SMILES string of the molecule is O=C1CN(Cc2cn(C[C@H]3[C@H](c4ccccc4)C3(F)F)nn2)CCN1. The van der Waals surface area contributed by atoms with Crippen molar-refractivity contribution in [1.82, 2.24) is 25.2 Å². The van der Waals surface area contributed by atoms with Gasteiger partial charge in [0.05, 0.1) is 30.6 Å². The summed E-state index contributed by atoms with van der Waals surface area (Å²) in [5.41, 5.74) is 1.35. The van der Waals surface area contributed by atoms with Gasteiger partial charge in [-0.05, 0) is 5.56 Å². The summed E-state index contributed by atoms with van der Waals surface area (Å²) in [5.74, 6) is -4.24. The van der Waals surface area contributed by atoms with Crippen molar-refractivity contribution < 1.29 is 13.6 Å². The molecule has 2 aromatic rings. The number of halogens is 2. The minimum Gasteiger partial charge on any atom is -0.354 e. The fourth-order valence-corrected chi connectivity index (χ4v) is 3.49. The Hall–Kier alpha value is -2.35. The van der Waals surface area contributed by atoms with E-state index in [2.05, 4.69) is 15.6 Å². The largest absolute Gasteiger partial charge is 0.354 e. The highest BCUT2D eigenvalue weighted by atomic mass is 19.3. The molecule has 2 fully saturated rings. The average molecular weight is 347 g/mol. The number of carbonyl (C=O) groups excluding carboxylic acids is 1. The highest BCUT2D eigenvalue weighted by Crippen LogP contribution is 2.62. The number of nitrogens with one attached hydrogen (secondary N) is 1. The number of hydrogen-bond acceptors (Lipinski definition) is 4. The zero-order valence-electron chi connectivity index (χ0n) is 13.6. The Kier molecular flexibility index (Phi) is 3.99. The minimum absolute atomic E-state index is 0.0121. The molecule has 25 heavy (non-hydrogen) atoms. The van der Waals surface area contributed by atoms with Gasteiger partial charge in [0.15, 0.2) is 0 Å². The van der Waals surface area contributed by atoms with Gasteiger partial charge in [0.25, 0.3) is 5.92 Å². The topological polar surface area (TPSA) is 63.1 Å². The lowest BCUT2D eigenvalue weighted by Crippen LogP contribution is -2.47. The molecule has 1 aromatic carbocycles. The van der Waals surface area contributed by atoms with E-state index in [4.69, 9.17) is 0 Å². The third-order valence-corrected chi connectivity index (χ3v) is 4.83. The molecule has 1 aliphatic heterocycles. The van der Waals surface area contributed by atoms with E-state index < -0.39 is 17.8 Å². The summed E-state index contributed by atoms with van der Waals surface area (Å²) in [4.78, 5) is 13.4. The van der Waals surface area contributed by atoms with Crippen LogP contribution in [0.15, 0.2) is 36.5 Å². The Balaban J connectivity index is 1.39. The molecule has 0 spiro atoms. The second-order valence-corrected chi connectivity index (χ2v) is 6.66. The van der Waals surface area contributed by atoms with Crippen LogP contribution in [-0.2, 0) is 17.9 Å². The molecule has 2 heterocycles. The molecular weight excluding hydrogens is 328 g/mol. The van der Waals surface area contributed by atoms with Crippen LogP contribution in [0.5, 0.6) is 0 Å². The van der Waals surface area contributed by atoms with Crippen molar-refractivity contribution >= 4 is 5.91 Å². The highest BCUT2D eigenvalue weighted by Gasteiger charge is 2.68. The maximum absolute atomic E-state index is 14.1. The van der Waals surface area contributed by atoms with Crippen molar-refractivity contribution in [1.29, 1.82) is 0 Å². The van der Waals surface area contributed by atoms with E-state index in [-0.39, 0.29) is 12.5 Å². The van der Waals surface area contributed by atoms with Crippen LogP contribution in [0.4, 0.5) is 8.78 Å². The minimum atomic E-state index is -2.71. The van der Waals surface area contributed by atoms with Crippen molar-refractivity contribution in [3.8, 4) is 0 Å². The molecule has 1 saturated heterocycles. The molecule has 8 heteroatoms. The standard InChI is InChI=1S/C17H19F2N5O/c18-17(19)14(16(17)12-4-2-1-3-5-12)10-24-9-13(21-22-24)8-23-7-6-20-15(25)11-23/h1-5,9,14,16H,6-8,10-11H2,(H,20,25)/t14-,16-/m0/s1. The molecule has 2 atom stereocenters. The number of benzene rings is 1. The van der Waals surface area contributed by atoms with Crippen molar-refractivity contribution in [3.05, 3.63) is 47.8 Å². The smallest absolute Gasteiger partial charge is 0.260 e. The molecule has 0 bridgehead atoms. The van der Waals surface area contributed by atoms with E-state index in [1.807, 2.05) is 11.0 Å². The summed E-state index contributed by atoms with van der Waals surface area (Å²) in [6.45, 7) is 2.32. The van der Waals surface area contributed by atoms with E-state index in [1.54, 1.807) is 30.5 Å². The van der Waals surface area contributed by atoms with Crippen LogP contribution in [0, 0.1) is 5.92 Å². The molecule has 1 aromatic heterocycles. The van der Waals surface area contributed by atoms with Gasteiger partial charge in [0, 0.05) is 25.8 Å². The fraction of sp³-hybridized carbons (Fsp3) is 0.471. The quantitative estimate of drug-likeness (QED) is 0.885. The van der Waals surface area contributed by atoms with Gasteiger partial charge in [-0.15, -0.1) is 5.10 Å². The van der Waals surface area contributed by atoms with E-state index in [9.17, 15) is 13.6 Å². The van der Waals surface area contributed by atoms with Gasteiger partial charge in [0.2, 0.25) is 5.91 Å². The second-order valence-electron chi connectivity index (χ2n) is 6.66. The molecule has 6 nitrogen and oxygen atoms in total. The average Bonchev–Trinajstić information content (AvgIpc) is 2.90. The first kappa shape index (κ1) is 16.1. The lowest BCUT2D eigenvalue weighted by atomic mass is 10.1. The normalized spacial score (nSPS) is 25.6. The van der Waals surface area contributed by atoms with Crippen LogP contribution in [0.25, 0.3) is 0 Å². The number of rotatable bonds is 5. The Morgan fingerprint density at radius 2 is 2.08 bits per heavy atom. The van der Waals surface area contributed by atoms with E-state index in [0.29, 0.717) is 30.9 Å². The Bertz CT molecular complexity index is 763. The molecular formula is C17H19F2N5O. The van der Waals surface area contributed by atoms with Crippen molar-refractivity contribution in [2.45, 2.75) is 24.9 Å². The third kappa shape index (κ3) is 3.26. The van der Waals surface area contributed by atoms with Crippen LogP contribution in [0.1, 0.15) is 17.2 Å². The highest BCUT2D eigenvalue weighted by molar-refractivity contribution is 5.78. The van der Waals surface area contributed by atoms with Crippen molar-refractivity contribution in [2.75, 3.05) is 19.6 Å². The second kappa shape index (κ2) is 6.18. The van der Waals surface area contributed by atoms with Crippen LogP contribution in [0.2, 0.25) is 0 Å². The fourth-order valence-electron chi connectivity index (χ4n) is 3.49. The van der Waals surface area contributed by atoms with Gasteiger partial charge in [-0.3, -0.25) is 14.4 Å². The van der Waals surface area contributed by atoms with Crippen molar-refractivity contribution in [3.63, 3.8) is 0 Å². The number of nitrogens with zero attached hydrogens (tertiary/aromatic N) is 4. The molecule has 1 amide bonds. The summed E-state index contributed by atoms with van der Waals surface area (Å²) in [6, 6.07) is 8.87. The third-order valence-electron chi connectivity index (χ3n) is 4.83. The van der Waals surface area contributed by atoms with Gasteiger partial charge in [-0.1, -0.05) is 35.5 Å². The van der Waals surface area contributed by atoms with Gasteiger partial charge < -0.3 is 5.32 Å².